The number of ether oxygens (including phenoxy) is 2. The number of cyclic esters (lactones) is 2. The van der Waals surface area contributed by atoms with Crippen LogP contribution in [0, 0.1) is 71.0 Å². The average molecular weight is 1210 g/mol. The van der Waals surface area contributed by atoms with E-state index in [9.17, 15) is 45.6 Å². The van der Waals surface area contributed by atoms with Gasteiger partial charge >= 0.3 is 44.9 Å². The fourth-order valence-electron chi connectivity index (χ4n) is 9.20. The summed E-state index contributed by atoms with van der Waals surface area (Å²) < 4.78 is 67.3. The summed E-state index contributed by atoms with van der Waals surface area (Å²) in [5.74, 6) is 3.16. The zero-order valence-electron chi connectivity index (χ0n) is 54.7. The summed E-state index contributed by atoms with van der Waals surface area (Å²) in [6, 6.07) is 1.43. The second-order valence-electron chi connectivity index (χ2n) is 27.0. The van der Waals surface area contributed by atoms with Crippen LogP contribution in [0.3, 0.4) is 0 Å². The van der Waals surface area contributed by atoms with Crippen LogP contribution in [0.25, 0.3) is 0 Å². The minimum absolute atomic E-state index is 0.0956. The van der Waals surface area contributed by atoms with Crippen molar-refractivity contribution in [2.24, 2.45) is 71.0 Å². The van der Waals surface area contributed by atoms with Crippen LogP contribution in [0.5, 0.6) is 0 Å². The molecule has 0 bridgehead atoms. The third-order valence-corrected chi connectivity index (χ3v) is 16.4. The SMILES string of the molecule is CC(C)CN1C(=O)OC[C@@H]1C(C)C.CC(C)CN1C(=O)OC[C@H]1C(C)C.CC(C)CN1C(=O)[C@@H](C(C)C)OS1(=O)=O.CC(C)CN1C(=O)[C@H](C(C)C)OS1(=O)=O.CC(C)CN1C[C@@H](C(C)C)NC1=O.CC(C)CN1C[C@H](C(C)C)NC1=O. The summed E-state index contributed by atoms with van der Waals surface area (Å²) in [6.45, 7) is 55.1. The van der Waals surface area contributed by atoms with Crippen LogP contribution in [0.2, 0.25) is 0 Å². The molecule has 0 saturated carbocycles. The number of hydrogen-bond acceptors (Lipinski definition) is 14. The molecule has 6 aliphatic heterocycles. The summed E-state index contributed by atoms with van der Waals surface area (Å²) in [5.41, 5.74) is 0. The molecule has 8 amide bonds. The summed E-state index contributed by atoms with van der Waals surface area (Å²) in [7, 11) is -7.68. The Labute approximate surface area is 496 Å². The highest BCUT2D eigenvalue weighted by molar-refractivity contribution is 7.85. The molecule has 6 aliphatic rings. The number of urea groups is 2. The van der Waals surface area contributed by atoms with Crippen molar-refractivity contribution in [1.82, 2.24) is 38.8 Å². The number of amides is 8. The van der Waals surface area contributed by atoms with E-state index >= 15 is 0 Å². The lowest BCUT2D eigenvalue weighted by atomic mass is 10.0. The lowest BCUT2D eigenvalue weighted by Gasteiger charge is -2.25. The first-order chi connectivity index (χ1) is 37.6. The van der Waals surface area contributed by atoms with Gasteiger partial charge in [-0.1, -0.05) is 166 Å². The molecule has 0 aromatic rings. The molecule has 6 fully saturated rings. The third kappa shape index (κ3) is 24.4. The molecule has 24 heteroatoms. The molecule has 0 radical (unpaired) electrons. The predicted molar refractivity (Wildman–Crippen MR) is 321 cm³/mol. The van der Waals surface area contributed by atoms with Crippen molar-refractivity contribution in [2.75, 3.05) is 65.6 Å². The molecule has 82 heavy (non-hydrogen) atoms. The van der Waals surface area contributed by atoms with Gasteiger partial charge in [0.15, 0.2) is 12.2 Å². The van der Waals surface area contributed by atoms with Gasteiger partial charge in [0.25, 0.3) is 11.8 Å². The van der Waals surface area contributed by atoms with Crippen LogP contribution < -0.4 is 10.6 Å². The van der Waals surface area contributed by atoms with Gasteiger partial charge < -0.3 is 39.7 Å². The first kappa shape index (κ1) is 75.9. The summed E-state index contributed by atoms with van der Waals surface area (Å²) in [4.78, 5) is 76.5. The normalized spacial score (nSPS) is 24.0. The van der Waals surface area contributed by atoms with Crippen LogP contribution in [0.1, 0.15) is 166 Å². The van der Waals surface area contributed by atoms with E-state index in [1.807, 2.05) is 47.3 Å². The lowest BCUT2D eigenvalue weighted by molar-refractivity contribution is -0.132. The monoisotopic (exact) mass is 1210 g/mol. The highest BCUT2D eigenvalue weighted by atomic mass is 32.2. The topological polar surface area (TPSA) is 251 Å². The lowest BCUT2D eigenvalue weighted by Crippen LogP contribution is -2.39. The first-order valence-corrected chi connectivity index (χ1v) is 32.8. The fourth-order valence-corrected chi connectivity index (χ4v) is 12.1. The average Bonchev–Trinajstić information content (AvgIpc) is 4.17. The zero-order valence-corrected chi connectivity index (χ0v) is 56.3. The van der Waals surface area contributed by atoms with Crippen LogP contribution in [0.15, 0.2) is 0 Å². The second kappa shape index (κ2) is 34.1. The Morgan fingerprint density at radius 3 is 0.854 bits per heavy atom. The molecule has 0 aromatic heterocycles. The maximum atomic E-state index is 11.7. The first-order valence-electron chi connectivity index (χ1n) is 30.0. The molecule has 0 spiro atoms. The van der Waals surface area contributed by atoms with E-state index in [1.54, 1.807) is 27.7 Å². The third-order valence-electron chi connectivity index (χ3n) is 13.7. The van der Waals surface area contributed by atoms with Crippen LogP contribution in [-0.2, 0) is 48.0 Å². The smallest absolute Gasteiger partial charge is 0.410 e. The Kier molecular flexibility index (Phi) is 31.5. The summed E-state index contributed by atoms with van der Waals surface area (Å²) in [5, 5.41) is 5.99. The molecule has 6 heterocycles. The van der Waals surface area contributed by atoms with E-state index < -0.39 is 44.6 Å². The predicted octanol–water partition coefficient (Wildman–Crippen LogP) is 9.16. The second-order valence-corrected chi connectivity index (χ2v) is 30.0. The molecule has 0 aromatic carbocycles. The Morgan fingerprint density at radius 2 is 0.659 bits per heavy atom. The molecular weight excluding hydrogens is 1100 g/mol. The number of rotatable bonds is 18. The standard InChI is InChI=1S/2C10H20N2O.2C10H19NO2.2C9H17NO4S/c2*1-7(2)5-12-6-9(8(3)4)11-10(12)13;2*1-7(2)5-11-9(8(3)4)6-13-10(11)12;2*1-6(2)5-10-9(11)8(7(3)4)14-15(10,12)13/h2*7-9H,5-6H2,1-4H3,(H,11,13);2*7-9H,5-6H2,1-4H3;2*6-8H,5H2,1-4H3/t4*9-;2*8-/m101010/s1. The number of nitrogens with zero attached hydrogens (tertiary/aromatic N) is 6. The molecule has 6 saturated heterocycles. The van der Waals surface area contributed by atoms with Gasteiger partial charge in [-0.05, 0) is 71.0 Å². The van der Waals surface area contributed by atoms with E-state index in [0.29, 0.717) is 72.6 Å². The minimum Gasteiger partial charge on any atom is -0.447 e. The molecule has 0 unspecified atom stereocenters. The van der Waals surface area contributed by atoms with Crippen LogP contribution >= 0.6 is 0 Å². The van der Waals surface area contributed by atoms with Crippen molar-refractivity contribution in [3.63, 3.8) is 0 Å². The maximum absolute atomic E-state index is 11.7. The molecule has 480 valence electrons. The van der Waals surface area contributed by atoms with Gasteiger partial charge in [-0.3, -0.25) is 9.59 Å². The minimum atomic E-state index is -3.84. The van der Waals surface area contributed by atoms with Crippen molar-refractivity contribution in [3.8, 4) is 0 Å². The molecule has 6 atom stereocenters. The van der Waals surface area contributed by atoms with Crippen LogP contribution in [-0.4, -0.2) is 183 Å². The van der Waals surface area contributed by atoms with Gasteiger partial charge in [-0.15, -0.1) is 0 Å². The van der Waals surface area contributed by atoms with Crippen molar-refractivity contribution in [2.45, 2.75) is 203 Å². The van der Waals surface area contributed by atoms with Crippen molar-refractivity contribution >= 4 is 56.7 Å². The summed E-state index contributed by atoms with van der Waals surface area (Å²) in [6.07, 6.45) is -2.00. The van der Waals surface area contributed by atoms with E-state index in [-0.39, 0.29) is 73.1 Å². The van der Waals surface area contributed by atoms with E-state index in [4.69, 9.17) is 17.8 Å². The number of hydrogen-bond donors (Lipinski definition) is 2. The molecule has 6 rings (SSSR count). The van der Waals surface area contributed by atoms with E-state index in [1.165, 1.54) is 0 Å². The van der Waals surface area contributed by atoms with Crippen molar-refractivity contribution < 1.29 is 63.4 Å². The number of carbonyl (C=O) groups is 6. The fraction of sp³-hybridized carbons (Fsp3) is 0.897. The van der Waals surface area contributed by atoms with Crippen molar-refractivity contribution in [3.05, 3.63) is 0 Å². The van der Waals surface area contributed by atoms with Gasteiger partial charge in [0.2, 0.25) is 0 Å². The van der Waals surface area contributed by atoms with Gasteiger partial charge in [0.05, 0.1) is 24.2 Å². The molecule has 2 N–H and O–H groups in total. The quantitative estimate of drug-likeness (QED) is 0.130. The highest BCUT2D eigenvalue weighted by Crippen LogP contribution is 2.27. The zero-order chi connectivity index (χ0) is 63.6. The largest absolute Gasteiger partial charge is 0.447 e. The van der Waals surface area contributed by atoms with Gasteiger partial charge in [-0.25, -0.2) is 36.2 Å². The van der Waals surface area contributed by atoms with Crippen LogP contribution in [0.4, 0.5) is 19.2 Å². The number of nitrogens with one attached hydrogen (secondary N) is 2. The van der Waals surface area contributed by atoms with E-state index in [0.717, 1.165) is 47.9 Å². The molecule has 22 nitrogen and oxygen atoms in total. The summed E-state index contributed by atoms with van der Waals surface area (Å²) >= 11 is 0. The molecule has 0 aliphatic carbocycles. The Morgan fingerprint density at radius 1 is 0.390 bits per heavy atom. The Balaban J connectivity index is 0.000000493. The molecular formula is C58H112N8O14S2. The van der Waals surface area contributed by atoms with Gasteiger partial charge in [0, 0.05) is 52.4 Å². The Bertz CT molecular complexity index is 2080. The Hall–Kier alpha value is -4.16. The maximum Gasteiger partial charge on any atom is 0.410 e. The van der Waals surface area contributed by atoms with Gasteiger partial charge in [-0.2, -0.15) is 16.8 Å². The van der Waals surface area contributed by atoms with Gasteiger partial charge in [0.1, 0.15) is 13.2 Å². The highest BCUT2D eigenvalue weighted by Gasteiger charge is 2.47. The number of carbonyl (C=O) groups excluding carboxylic acids is 6. The van der Waals surface area contributed by atoms with Crippen molar-refractivity contribution in [1.29, 1.82) is 0 Å². The van der Waals surface area contributed by atoms with E-state index in [2.05, 4.69) is 121 Å².